The minimum absolute atomic E-state index is 0.210. The van der Waals surface area contributed by atoms with Gasteiger partial charge in [0, 0.05) is 17.0 Å². The second-order valence-electron chi connectivity index (χ2n) is 3.81. The first-order valence-electron chi connectivity index (χ1n) is 5.51. The first kappa shape index (κ1) is 13.9. The second-order valence-corrected chi connectivity index (χ2v) is 5.90. The molecule has 0 aliphatic carbocycles. The van der Waals surface area contributed by atoms with E-state index in [2.05, 4.69) is 4.72 Å². The molecule has 100 valence electrons. The molecule has 0 aliphatic heterocycles. The predicted octanol–water partition coefficient (Wildman–Crippen LogP) is 3.02. The number of hydrogen-bond donors (Lipinski definition) is 1. The maximum absolute atomic E-state index is 11.7. The number of hydrogen-bond acceptors (Lipinski definition) is 3. The Morgan fingerprint density at radius 1 is 1.21 bits per heavy atom. The SMILES string of the molecule is O=S(=O)(/C=C/c1ccco1)NCc1ccc(Cl)cc1. The molecule has 0 radical (unpaired) electrons. The van der Waals surface area contributed by atoms with Crippen LogP contribution in [-0.2, 0) is 16.6 Å². The van der Waals surface area contributed by atoms with E-state index in [1.165, 1.54) is 12.3 Å². The molecule has 0 atom stereocenters. The lowest BCUT2D eigenvalue weighted by Crippen LogP contribution is -2.20. The van der Waals surface area contributed by atoms with Crippen LogP contribution in [0.2, 0.25) is 5.02 Å². The number of benzene rings is 1. The maximum atomic E-state index is 11.7. The molecule has 0 bridgehead atoms. The van der Waals surface area contributed by atoms with Gasteiger partial charge in [-0.15, -0.1) is 0 Å². The van der Waals surface area contributed by atoms with Crippen molar-refractivity contribution in [2.45, 2.75) is 6.54 Å². The Morgan fingerprint density at radius 2 is 1.95 bits per heavy atom. The minimum atomic E-state index is -3.49. The van der Waals surface area contributed by atoms with Crippen LogP contribution in [0.15, 0.2) is 52.5 Å². The summed E-state index contributed by atoms with van der Waals surface area (Å²) in [6.07, 6.45) is 2.87. The summed E-state index contributed by atoms with van der Waals surface area (Å²) < 4.78 is 30.9. The number of furan rings is 1. The van der Waals surface area contributed by atoms with E-state index in [4.69, 9.17) is 16.0 Å². The normalized spacial score (nSPS) is 12.1. The van der Waals surface area contributed by atoms with Gasteiger partial charge in [-0.25, -0.2) is 13.1 Å². The molecule has 0 saturated carbocycles. The molecule has 1 aromatic carbocycles. The zero-order chi connectivity index (χ0) is 13.7. The van der Waals surface area contributed by atoms with Crippen LogP contribution in [0.1, 0.15) is 11.3 Å². The number of nitrogens with one attached hydrogen (secondary N) is 1. The Labute approximate surface area is 116 Å². The van der Waals surface area contributed by atoms with Crippen LogP contribution in [0, 0.1) is 0 Å². The van der Waals surface area contributed by atoms with Gasteiger partial charge in [0.05, 0.1) is 6.26 Å². The summed E-state index contributed by atoms with van der Waals surface area (Å²) in [7, 11) is -3.49. The summed E-state index contributed by atoms with van der Waals surface area (Å²) >= 11 is 5.75. The molecule has 1 heterocycles. The van der Waals surface area contributed by atoms with Crippen molar-refractivity contribution in [2.75, 3.05) is 0 Å². The van der Waals surface area contributed by atoms with Gasteiger partial charge in [-0.1, -0.05) is 23.7 Å². The lowest BCUT2D eigenvalue weighted by atomic mass is 10.2. The highest BCUT2D eigenvalue weighted by Gasteiger charge is 2.05. The fourth-order valence-electron chi connectivity index (χ4n) is 1.38. The zero-order valence-electron chi connectivity index (χ0n) is 9.91. The molecule has 19 heavy (non-hydrogen) atoms. The molecule has 0 saturated heterocycles. The van der Waals surface area contributed by atoms with Gasteiger partial charge < -0.3 is 4.42 Å². The number of rotatable bonds is 5. The number of sulfonamides is 1. The van der Waals surface area contributed by atoms with Gasteiger partial charge >= 0.3 is 0 Å². The monoisotopic (exact) mass is 297 g/mol. The summed E-state index contributed by atoms with van der Waals surface area (Å²) in [5, 5.41) is 1.69. The van der Waals surface area contributed by atoms with Crippen LogP contribution in [0.5, 0.6) is 0 Å². The molecule has 1 N–H and O–H groups in total. The van der Waals surface area contributed by atoms with Crippen LogP contribution >= 0.6 is 11.6 Å². The molecule has 0 fully saturated rings. The van der Waals surface area contributed by atoms with Crippen molar-refractivity contribution in [1.29, 1.82) is 0 Å². The van der Waals surface area contributed by atoms with E-state index >= 15 is 0 Å². The van der Waals surface area contributed by atoms with Crippen LogP contribution in [0.4, 0.5) is 0 Å². The van der Waals surface area contributed by atoms with Crippen molar-refractivity contribution in [3.63, 3.8) is 0 Å². The summed E-state index contributed by atoms with van der Waals surface area (Å²) in [6.45, 7) is 0.210. The maximum Gasteiger partial charge on any atom is 0.234 e. The molecule has 6 heteroatoms. The Morgan fingerprint density at radius 3 is 2.58 bits per heavy atom. The molecule has 1 aromatic heterocycles. The second kappa shape index (κ2) is 6.06. The summed E-state index contributed by atoms with van der Waals surface area (Å²) in [4.78, 5) is 0. The van der Waals surface area contributed by atoms with Gasteiger partial charge in [0.1, 0.15) is 5.76 Å². The van der Waals surface area contributed by atoms with Crippen molar-refractivity contribution in [1.82, 2.24) is 4.72 Å². The lowest BCUT2D eigenvalue weighted by molar-refractivity contribution is 0.556. The lowest BCUT2D eigenvalue weighted by Gasteiger charge is -2.03. The van der Waals surface area contributed by atoms with E-state index in [0.717, 1.165) is 11.0 Å². The number of halogens is 1. The van der Waals surface area contributed by atoms with E-state index in [1.807, 2.05) is 0 Å². The van der Waals surface area contributed by atoms with E-state index in [-0.39, 0.29) is 6.54 Å². The quantitative estimate of drug-likeness (QED) is 0.923. The molecule has 0 aliphatic rings. The third-order valence-corrected chi connectivity index (χ3v) is 3.64. The summed E-state index contributed by atoms with van der Waals surface area (Å²) in [6, 6.07) is 10.3. The highest BCUT2D eigenvalue weighted by Crippen LogP contribution is 2.10. The Kier molecular flexibility index (Phi) is 4.42. The highest BCUT2D eigenvalue weighted by atomic mass is 35.5. The summed E-state index contributed by atoms with van der Waals surface area (Å²) in [5.74, 6) is 0.483. The van der Waals surface area contributed by atoms with Crippen molar-refractivity contribution < 1.29 is 12.8 Å². The van der Waals surface area contributed by atoms with Crippen LogP contribution in [0.25, 0.3) is 6.08 Å². The van der Waals surface area contributed by atoms with Crippen molar-refractivity contribution in [2.24, 2.45) is 0 Å². The predicted molar refractivity (Wildman–Crippen MR) is 75.0 cm³/mol. The first-order chi connectivity index (χ1) is 9.05. The minimum Gasteiger partial charge on any atom is -0.465 e. The van der Waals surface area contributed by atoms with E-state index < -0.39 is 10.0 Å². The molecule has 4 nitrogen and oxygen atoms in total. The van der Waals surface area contributed by atoms with Gasteiger partial charge in [0.2, 0.25) is 10.0 Å². The van der Waals surface area contributed by atoms with Gasteiger partial charge in [-0.3, -0.25) is 0 Å². The summed E-state index contributed by atoms with van der Waals surface area (Å²) in [5.41, 5.74) is 0.833. The third kappa shape index (κ3) is 4.55. The molecule has 2 aromatic rings. The molecule has 0 spiro atoms. The average molecular weight is 298 g/mol. The third-order valence-electron chi connectivity index (χ3n) is 2.35. The first-order valence-corrected chi connectivity index (χ1v) is 7.43. The Bertz CT molecular complexity index is 646. The molecule has 0 amide bonds. The average Bonchev–Trinajstić information content (AvgIpc) is 2.89. The van der Waals surface area contributed by atoms with Crippen molar-refractivity contribution in [3.05, 3.63) is 64.4 Å². The van der Waals surface area contributed by atoms with Crippen molar-refractivity contribution in [3.8, 4) is 0 Å². The van der Waals surface area contributed by atoms with E-state index in [0.29, 0.717) is 10.8 Å². The Balaban J connectivity index is 1.96. The van der Waals surface area contributed by atoms with E-state index in [1.54, 1.807) is 36.4 Å². The van der Waals surface area contributed by atoms with Crippen LogP contribution in [-0.4, -0.2) is 8.42 Å². The molecular weight excluding hydrogens is 286 g/mol. The topological polar surface area (TPSA) is 59.3 Å². The van der Waals surface area contributed by atoms with E-state index in [9.17, 15) is 8.42 Å². The van der Waals surface area contributed by atoms with Gasteiger partial charge in [-0.05, 0) is 35.9 Å². The largest absolute Gasteiger partial charge is 0.465 e. The molecule has 0 unspecified atom stereocenters. The van der Waals surface area contributed by atoms with Gasteiger partial charge in [0.25, 0.3) is 0 Å². The molecule has 2 rings (SSSR count). The fraction of sp³-hybridized carbons (Fsp3) is 0.0769. The van der Waals surface area contributed by atoms with Crippen molar-refractivity contribution >= 4 is 27.7 Å². The highest BCUT2D eigenvalue weighted by molar-refractivity contribution is 7.92. The van der Waals surface area contributed by atoms with Crippen LogP contribution < -0.4 is 4.72 Å². The van der Waals surface area contributed by atoms with Gasteiger partial charge in [0.15, 0.2) is 0 Å². The fourth-order valence-corrected chi connectivity index (χ4v) is 2.28. The Hall–Kier alpha value is -1.56. The molecular formula is C13H12ClNO3S. The smallest absolute Gasteiger partial charge is 0.234 e. The zero-order valence-corrected chi connectivity index (χ0v) is 11.5. The van der Waals surface area contributed by atoms with Gasteiger partial charge in [-0.2, -0.15) is 0 Å². The standard InChI is InChI=1S/C13H12ClNO3S/c14-12-5-3-11(4-6-12)10-15-19(16,17)9-7-13-2-1-8-18-13/h1-9,15H,10H2/b9-7+. The van der Waals surface area contributed by atoms with Crippen LogP contribution in [0.3, 0.4) is 0 Å².